The second kappa shape index (κ2) is 12.8. The fourth-order valence-corrected chi connectivity index (χ4v) is 4.43. The van der Waals surface area contributed by atoms with Crippen LogP contribution < -0.4 is 14.8 Å². The molecular formula is C30H25ClFN3O6. The van der Waals surface area contributed by atoms with Gasteiger partial charge >= 0.3 is 5.97 Å². The van der Waals surface area contributed by atoms with E-state index in [0.717, 1.165) is 11.1 Å². The third-order valence-electron chi connectivity index (χ3n) is 6.39. The summed E-state index contributed by atoms with van der Waals surface area (Å²) in [6.45, 7) is -0.523. The zero-order valence-electron chi connectivity index (χ0n) is 21.6. The Labute approximate surface area is 239 Å². The summed E-state index contributed by atoms with van der Waals surface area (Å²) in [7, 11) is 0. The van der Waals surface area contributed by atoms with Gasteiger partial charge in [-0.1, -0.05) is 66.2 Å². The largest absolute Gasteiger partial charge is 0.488 e. The van der Waals surface area contributed by atoms with Crippen LogP contribution in [0.3, 0.4) is 0 Å². The Hall–Kier alpha value is -4.51. The van der Waals surface area contributed by atoms with Crippen molar-refractivity contribution in [3.05, 3.63) is 106 Å². The highest BCUT2D eigenvalue weighted by molar-refractivity contribution is 6.32. The minimum atomic E-state index is -1.20. The lowest BCUT2D eigenvalue weighted by molar-refractivity contribution is -0.140. The molecule has 41 heavy (non-hydrogen) atoms. The molecule has 0 amide bonds. The van der Waals surface area contributed by atoms with Crippen LogP contribution in [0.2, 0.25) is 5.02 Å². The summed E-state index contributed by atoms with van der Waals surface area (Å²) in [6, 6.07) is 21.6. The smallest absolute Gasteiger partial charge is 0.323 e. The van der Waals surface area contributed by atoms with E-state index in [2.05, 4.69) is 15.6 Å². The van der Waals surface area contributed by atoms with Gasteiger partial charge < -0.3 is 19.7 Å². The number of nitrogens with one attached hydrogen (secondary N) is 1. The molecule has 5 rings (SSSR count). The summed E-state index contributed by atoms with van der Waals surface area (Å²) < 4.78 is 32.1. The Morgan fingerprint density at radius 1 is 0.927 bits per heavy atom. The molecule has 210 valence electrons. The predicted molar refractivity (Wildman–Crippen MR) is 149 cm³/mol. The molecule has 0 saturated heterocycles. The third-order valence-corrected chi connectivity index (χ3v) is 6.69. The highest BCUT2D eigenvalue weighted by Crippen LogP contribution is 2.35. The summed E-state index contributed by atoms with van der Waals surface area (Å²) in [5.41, 5.74) is 4.04. The van der Waals surface area contributed by atoms with Crippen molar-refractivity contribution in [3.63, 3.8) is 0 Å². The van der Waals surface area contributed by atoms with E-state index < -0.39 is 24.4 Å². The molecule has 0 fully saturated rings. The van der Waals surface area contributed by atoms with Gasteiger partial charge in [0.05, 0.1) is 11.6 Å². The maximum Gasteiger partial charge on any atom is 0.323 e. The normalized spacial score (nSPS) is 11.9. The van der Waals surface area contributed by atoms with E-state index in [1.54, 1.807) is 42.5 Å². The molecule has 0 aliphatic heterocycles. The number of aliphatic hydroxyl groups is 1. The van der Waals surface area contributed by atoms with Crippen molar-refractivity contribution in [1.29, 1.82) is 0 Å². The zero-order chi connectivity index (χ0) is 28.8. The van der Waals surface area contributed by atoms with E-state index in [1.165, 1.54) is 0 Å². The maximum atomic E-state index is 15.3. The number of fused-ring (bicyclic) bond motifs is 1. The van der Waals surface area contributed by atoms with Gasteiger partial charge in [0.25, 0.3) is 0 Å². The van der Waals surface area contributed by atoms with Crippen LogP contribution in [-0.4, -0.2) is 39.1 Å². The summed E-state index contributed by atoms with van der Waals surface area (Å²) >= 11 is 6.52. The number of hydrogen-bond acceptors (Lipinski definition) is 8. The first-order chi connectivity index (χ1) is 19.9. The minimum absolute atomic E-state index is 0.0346. The van der Waals surface area contributed by atoms with Crippen LogP contribution >= 0.6 is 11.6 Å². The lowest BCUT2D eigenvalue weighted by Crippen LogP contribution is -2.39. The molecule has 0 radical (unpaired) electrons. The van der Waals surface area contributed by atoms with Gasteiger partial charge in [0.2, 0.25) is 0 Å². The number of carboxylic acids is 1. The van der Waals surface area contributed by atoms with Crippen molar-refractivity contribution in [3.8, 4) is 22.6 Å². The fraction of sp³-hybridized carbons (Fsp3) is 0.167. The fourth-order valence-electron chi connectivity index (χ4n) is 4.19. The summed E-state index contributed by atoms with van der Waals surface area (Å²) in [5, 5.41) is 29.3. The van der Waals surface area contributed by atoms with Crippen LogP contribution in [0.5, 0.6) is 11.5 Å². The number of benzene rings is 4. The molecule has 0 aliphatic carbocycles. The molecule has 0 aliphatic rings. The van der Waals surface area contributed by atoms with Crippen molar-refractivity contribution < 1.29 is 33.5 Å². The van der Waals surface area contributed by atoms with Crippen LogP contribution in [0.25, 0.3) is 22.2 Å². The molecule has 4 aromatic carbocycles. The van der Waals surface area contributed by atoms with E-state index in [4.69, 9.17) is 25.7 Å². The lowest BCUT2D eigenvalue weighted by Gasteiger charge is -2.18. The average Bonchev–Trinajstić information content (AvgIpc) is 3.45. The van der Waals surface area contributed by atoms with Gasteiger partial charge in [-0.2, -0.15) is 0 Å². The number of halogens is 2. The molecule has 1 atom stereocenters. The molecule has 0 bridgehead atoms. The molecule has 0 spiro atoms. The number of rotatable bonds is 12. The van der Waals surface area contributed by atoms with Gasteiger partial charge in [0.15, 0.2) is 0 Å². The first-order valence-electron chi connectivity index (χ1n) is 12.6. The first kappa shape index (κ1) is 28.0. The van der Waals surface area contributed by atoms with Crippen molar-refractivity contribution >= 4 is 28.6 Å². The Bertz CT molecular complexity index is 1660. The Morgan fingerprint density at radius 3 is 2.49 bits per heavy atom. The van der Waals surface area contributed by atoms with Crippen molar-refractivity contribution in [2.75, 3.05) is 6.61 Å². The number of hydrogen-bond donors (Lipinski definition) is 3. The van der Waals surface area contributed by atoms with Gasteiger partial charge in [-0.05, 0) is 39.6 Å². The average molecular weight is 578 g/mol. The number of carboxylic acid groups (broad SMARTS) is 1. The predicted octanol–water partition coefficient (Wildman–Crippen LogP) is 5.38. The zero-order valence-corrected chi connectivity index (χ0v) is 22.3. The molecule has 0 saturated carbocycles. The lowest BCUT2D eigenvalue weighted by atomic mass is 10.0. The number of aliphatic hydroxyl groups excluding tert-OH is 1. The highest BCUT2D eigenvalue weighted by Gasteiger charge is 2.19. The van der Waals surface area contributed by atoms with E-state index >= 15 is 4.39 Å². The standard InChI is InChI=1S/C30H25ClFN3O6/c31-23-12-21(14-33-26(15-36)30(37)38)27(39-16-18-9-10-24-25(11-18)35-41-34-24)13-28(23)40-17-20-7-4-8-22(29(20)32)19-5-2-1-3-6-19/h1-13,26,33,36H,14-17H2,(H,37,38). The third kappa shape index (κ3) is 6.63. The molecule has 11 heteroatoms. The van der Waals surface area contributed by atoms with Gasteiger partial charge in [-0.25, -0.2) is 9.02 Å². The topological polar surface area (TPSA) is 127 Å². The molecule has 1 heterocycles. The molecule has 5 aromatic rings. The first-order valence-corrected chi connectivity index (χ1v) is 13.0. The molecule has 1 aromatic heterocycles. The van der Waals surface area contributed by atoms with Gasteiger partial charge in [0.1, 0.15) is 47.6 Å². The molecule has 9 nitrogen and oxygen atoms in total. The Balaban J connectivity index is 1.38. The number of aliphatic carboxylic acids is 1. The van der Waals surface area contributed by atoms with E-state index in [9.17, 15) is 15.0 Å². The van der Waals surface area contributed by atoms with Crippen LogP contribution in [0, 0.1) is 5.82 Å². The van der Waals surface area contributed by atoms with Crippen LogP contribution in [0.1, 0.15) is 16.7 Å². The Kier molecular flexibility index (Phi) is 8.73. The Morgan fingerprint density at radius 2 is 1.71 bits per heavy atom. The highest BCUT2D eigenvalue weighted by atomic mass is 35.5. The van der Waals surface area contributed by atoms with Gasteiger partial charge in [-0.15, -0.1) is 0 Å². The number of carbonyl (C=O) groups is 1. The van der Waals surface area contributed by atoms with E-state index in [1.807, 2.05) is 36.4 Å². The SMILES string of the molecule is O=C(O)C(CO)NCc1cc(Cl)c(OCc2cccc(-c3ccccc3)c2F)cc1OCc1ccc2nonc2c1. The number of nitrogens with zero attached hydrogens (tertiary/aromatic N) is 2. The number of ether oxygens (including phenoxy) is 2. The maximum absolute atomic E-state index is 15.3. The van der Waals surface area contributed by atoms with Gasteiger partial charge in [0, 0.05) is 29.3 Å². The monoisotopic (exact) mass is 577 g/mol. The van der Waals surface area contributed by atoms with Crippen molar-refractivity contribution in [2.24, 2.45) is 0 Å². The summed E-state index contributed by atoms with van der Waals surface area (Å²) in [5.74, 6) is -0.984. The second-order valence-electron chi connectivity index (χ2n) is 9.15. The molecule has 3 N–H and O–H groups in total. The van der Waals surface area contributed by atoms with Gasteiger partial charge in [-0.3, -0.25) is 10.1 Å². The molecule has 1 unspecified atom stereocenters. The molecular weight excluding hydrogens is 553 g/mol. The minimum Gasteiger partial charge on any atom is -0.488 e. The van der Waals surface area contributed by atoms with Crippen LogP contribution in [0.4, 0.5) is 4.39 Å². The van der Waals surface area contributed by atoms with Crippen molar-refractivity contribution in [1.82, 2.24) is 15.6 Å². The van der Waals surface area contributed by atoms with E-state index in [-0.39, 0.29) is 30.5 Å². The van der Waals surface area contributed by atoms with Crippen LogP contribution in [0.15, 0.2) is 83.5 Å². The summed E-state index contributed by atoms with van der Waals surface area (Å²) in [4.78, 5) is 11.4. The van der Waals surface area contributed by atoms with Crippen molar-refractivity contribution in [2.45, 2.75) is 25.8 Å². The quantitative estimate of drug-likeness (QED) is 0.179. The van der Waals surface area contributed by atoms with E-state index in [0.29, 0.717) is 33.5 Å². The second-order valence-corrected chi connectivity index (χ2v) is 9.56. The number of aromatic nitrogens is 2. The summed E-state index contributed by atoms with van der Waals surface area (Å²) in [6.07, 6.45) is 0. The van der Waals surface area contributed by atoms with Crippen LogP contribution in [-0.2, 0) is 24.6 Å².